The van der Waals surface area contributed by atoms with Crippen molar-refractivity contribution in [3.63, 3.8) is 0 Å². The van der Waals surface area contributed by atoms with Gasteiger partial charge in [-0.1, -0.05) is 6.07 Å². The van der Waals surface area contributed by atoms with Crippen LogP contribution < -0.4 is 0 Å². The van der Waals surface area contributed by atoms with Gasteiger partial charge >= 0.3 is 5.97 Å². The van der Waals surface area contributed by atoms with Crippen molar-refractivity contribution in [2.75, 3.05) is 0 Å². The third kappa shape index (κ3) is 1.75. The van der Waals surface area contributed by atoms with E-state index in [1.807, 2.05) is 0 Å². The standard InChI is InChI=1S/C10H9NO5/c12-4-5-1-2-7-6(3-5)11-9(16-7)8(13)10(14)15/h1-3,8,12-13H,4H2,(H,14,15). The van der Waals surface area contributed by atoms with Crippen LogP contribution in [0.15, 0.2) is 22.6 Å². The second-order valence-electron chi connectivity index (χ2n) is 3.25. The third-order valence-electron chi connectivity index (χ3n) is 2.12. The molecule has 0 fully saturated rings. The highest BCUT2D eigenvalue weighted by molar-refractivity contribution is 5.77. The van der Waals surface area contributed by atoms with Crippen LogP contribution in [0.25, 0.3) is 11.1 Å². The van der Waals surface area contributed by atoms with Gasteiger partial charge in [0.25, 0.3) is 0 Å². The molecule has 0 amide bonds. The highest BCUT2D eigenvalue weighted by Crippen LogP contribution is 2.21. The molecule has 0 spiro atoms. The molecule has 0 aliphatic heterocycles. The number of carboxylic acid groups (broad SMARTS) is 1. The lowest BCUT2D eigenvalue weighted by Gasteiger charge is -1.96. The number of benzene rings is 1. The van der Waals surface area contributed by atoms with Gasteiger partial charge < -0.3 is 19.7 Å². The summed E-state index contributed by atoms with van der Waals surface area (Å²) >= 11 is 0. The van der Waals surface area contributed by atoms with E-state index in [1.54, 1.807) is 18.2 Å². The van der Waals surface area contributed by atoms with Crippen LogP contribution in [0.5, 0.6) is 0 Å². The van der Waals surface area contributed by atoms with Gasteiger partial charge in [0.2, 0.25) is 12.0 Å². The van der Waals surface area contributed by atoms with E-state index in [9.17, 15) is 9.90 Å². The average Bonchev–Trinajstić information content (AvgIpc) is 2.69. The van der Waals surface area contributed by atoms with Gasteiger partial charge in [0.05, 0.1) is 6.61 Å². The van der Waals surface area contributed by atoms with Gasteiger partial charge in [0, 0.05) is 0 Å². The zero-order valence-corrected chi connectivity index (χ0v) is 8.12. The molecule has 3 N–H and O–H groups in total. The Balaban J connectivity index is 2.47. The first-order valence-corrected chi connectivity index (χ1v) is 4.53. The first-order chi connectivity index (χ1) is 7.61. The van der Waals surface area contributed by atoms with E-state index >= 15 is 0 Å². The van der Waals surface area contributed by atoms with Crippen LogP contribution in [-0.4, -0.2) is 26.3 Å². The SMILES string of the molecule is O=C(O)C(O)c1nc2cc(CO)ccc2o1. The Morgan fingerprint density at radius 1 is 1.50 bits per heavy atom. The number of oxazole rings is 1. The lowest BCUT2D eigenvalue weighted by atomic mass is 10.2. The van der Waals surface area contributed by atoms with Crippen molar-refractivity contribution in [2.45, 2.75) is 12.7 Å². The van der Waals surface area contributed by atoms with Crippen molar-refractivity contribution in [2.24, 2.45) is 0 Å². The summed E-state index contributed by atoms with van der Waals surface area (Å²) in [7, 11) is 0. The second kappa shape index (κ2) is 3.92. The van der Waals surface area contributed by atoms with E-state index in [0.29, 0.717) is 16.7 Å². The van der Waals surface area contributed by atoms with E-state index in [-0.39, 0.29) is 12.5 Å². The number of aliphatic hydroxyl groups is 2. The molecular formula is C10H9NO5. The van der Waals surface area contributed by atoms with E-state index in [1.165, 1.54) is 0 Å². The Labute approximate surface area is 89.8 Å². The van der Waals surface area contributed by atoms with Crippen molar-refractivity contribution < 1.29 is 24.5 Å². The zero-order chi connectivity index (χ0) is 11.7. The monoisotopic (exact) mass is 223 g/mol. The highest BCUT2D eigenvalue weighted by atomic mass is 16.4. The number of aromatic nitrogens is 1. The second-order valence-corrected chi connectivity index (χ2v) is 3.25. The third-order valence-corrected chi connectivity index (χ3v) is 2.12. The maximum atomic E-state index is 10.5. The number of fused-ring (bicyclic) bond motifs is 1. The molecule has 6 heteroatoms. The predicted molar refractivity (Wildman–Crippen MR) is 52.5 cm³/mol. The van der Waals surface area contributed by atoms with Gasteiger partial charge in [0.1, 0.15) is 5.52 Å². The van der Waals surface area contributed by atoms with Gasteiger partial charge in [0.15, 0.2) is 5.58 Å². The molecule has 0 bridgehead atoms. The maximum Gasteiger partial charge on any atom is 0.342 e. The molecule has 1 aromatic heterocycles. The fourth-order valence-electron chi connectivity index (χ4n) is 1.31. The topological polar surface area (TPSA) is 104 Å². The molecule has 1 unspecified atom stereocenters. The minimum atomic E-state index is -1.77. The summed E-state index contributed by atoms with van der Waals surface area (Å²) < 4.78 is 5.07. The Hall–Kier alpha value is -1.92. The number of carboxylic acids is 1. The van der Waals surface area contributed by atoms with Crippen molar-refractivity contribution in [3.8, 4) is 0 Å². The Bertz CT molecular complexity index is 533. The lowest BCUT2D eigenvalue weighted by molar-refractivity contribution is -0.148. The summed E-state index contributed by atoms with van der Waals surface area (Å²) in [5, 5.41) is 26.7. The molecule has 1 heterocycles. The maximum absolute atomic E-state index is 10.5. The molecule has 84 valence electrons. The van der Waals surface area contributed by atoms with Crippen molar-refractivity contribution in [1.29, 1.82) is 0 Å². The highest BCUT2D eigenvalue weighted by Gasteiger charge is 2.22. The van der Waals surface area contributed by atoms with Crippen LogP contribution in [0, 0.1) is 0 Å². The molecule has 0 aliphatic carbocycles. The summed E-state index contributed by atoms with van der Waals surface area (Å²) in [6.45, 7) is -0.139. The van der Waals surface area contributed by atoms with E-state index in [0.717, 1.165) is 0 Å². The normalized spacial score (nSPS) is 12.9. The first kappa shape index (κ1) is 10.6. The van der Waals surface area contributed by atoms with Crippen LogP contribution in [0.3, 0.4) is 0 Å². The Morgan fingerprint density at radius 3 is 2.88 bits per heavy atom. The smallest absolute Gasteiger partial charge is 0.342 e. The van der Waals surface area contributed by atoms with Crippen LogP contribution in [-0.2, 0) is 11.4 Å². The first-order valence-electron chi connectivity index (χ1n) is 4.53. The molecule has 2 rings (SSSR count). The molecule has 0 radical (unpaired) electrons. The number of aliphatic hydroxyl groups excluding tert-OH is 2. The molecule has 6 nitrogen and oxygen atoms in total. The lowest BCUT2D eigenvalue weighted by Crippen LogP contribution is -2.10. The molecule has 1 aromatic carbocycles. The van der Waals surface area contributed by atoms with Crippen LogP contribution >= 0.6 is 0 Å². The van der Waals surface area contributed by atoms with E-state index in [4.69, 9.17) is 14.6 Å². The minimum Gasteiger partial charge on any atom is -0.479 e. The van der Waals surface area contributed by atoms with Gasteiger partial charge in [-0.05, 0) is 17.7 Å². The van der Waals surface area contributed by atoms with Gasteiger partial charge in [-0.3, -0.25) is 0 Å². The summed E-state index contributed by atoms with van der Waals surface area (Å²) in [4.78, 5) is 14.3. The van der Waals surface area contributed by atoms with Crippen LogP contribution in [0.2, 0.25) is 0 Å². The molecule has 0 saturated heterocycles. The fraction of sp³-hybridized carbons (Fsp3) is 0.200. The summed E-state index contributed by atoms with van der Waals surface area (Å²) in [5.41, 5.74) is 1.41. The summed E-state index contributed by atoms with van der Waals surface area (Å²) in [6, 6.07) is 4.76. The number of rotatable bonds is 3. The van der Waals surface area contributed by atoms with Crippen molar-refractivity contribution in [1.82, 2.24) is 4.98 Å². The predicted octanol–water partition coefficient (Wildman–Crippen LogP) is 0.438. The van der Waals surface area contributed by atoms with Crippen LogP contribution in [0.1, 0.15) is 17.6 Å². The largest absolute Gasteiger partial charge is 0.479 e. The van der Waals surface area contributed by atoms with Crippen molar-refractivity contribution in [3.05, 3.63) is 29.7 Å². The number of hydrogen-bond acceptors (Lipinski definition) is 5. The molecule has 0 aliphatic rings. The minimum absolute atomic E-state index is 0.139. The zero-order valence-electron chi connectivity index (χ0n) is 8.12. The summed E-state index contributed by atoms with van der Waals surface area (Å²) in [5.74, 6) is -1.69. The quantitative estimate of drug-likeness (QED) is 0.697. The molecule has 0 saturated carbocycles. The average molecular weight is 223 g/mol. The molecule has 2 aromatic rings. The molecule has 1 atom stereocenters. The fourth-order valence-corrected chi connectivity index (χ4v) is 1.31. The molecule has 16 heavy (non-hydrogen) atoms. The number of carbonyl (C=O) groups is 1. The Kier molecular flexibility index (Phi) is 2.59. The van der Waals surface area contributed by atoms with Gasteiger partial charge in [-0.25, -0.2) is 9.78 Å². The Morgan fingerprint density at radius 2 is 2.25 bits per heavy atom. The van der Waals surface area contributed by atoms with E-state index in [2.05, 4.69) is 4.98 Å². The number of aliphatic carboxylic acids is 1. The summed E-state index contributed by atoms with van der Waals surface area (Å²) in [6.07, 6.45) is -1.77. The van der Waals surface area contributed by atoms with Gasteiger partial charge in [-0.15, -0.1) is 0 Å². The van der Waals surface area contributed by atoms with Gasteiger partial charge in [-0.2, -0.15) is 0 Å². The number of hydrogen-bond donors (Lipinski definition) is 3. The molecular weight excluding hydrogens is 214 g/mol. The van der Waals surface area contributed by atoms with Crippen LogP contribution in [0.4, 0.5) is 0 Å². The van der Waals surface area contributed by atoms with E-state index < -0.39 is 12.1 Å². The number of nitrogens with zero attached hydrogens (tertiary/aromatic N) is 1. The van der Waals surface area contributed by atoms with Crippen molar-refractivity contribution >= 4 is 17.1 Å².